The number of rotatable bonds is 3. The SMILES string of the molecule is COC(=O)c1ccc(OC)cc1C(C)C. The fourth-order valence-corrected chi connectivity index (χ4v) is 1.44. The summed E-state index contributed by atoms with van der Waals surface area (Å²) in [6, 6.07) is 5.37. The molecular weight excluding hydrogens is 192 g/mol. The molecule has 3 nitrogen and oxygen atoms in total. The maximum absolute atomic E-state index is 11.5. The van der Waals surface area contributed by atoms with Crippen LogP contribution >= 0.6 is 0 Å². The zero-order valence-corrected chi connectivity index (χ0v) is 9.53. The van der Waals surface area contributed by atoms with Gasteiger partial charge in [-0.1, -0.05) is 13.8 Å². The number of carbonyl (C=O) groups is 1. The summed E-state index contributed by atoms with van der Waals surface area (Å²) in [5.74, 6) is 0.710. The molecule has 0 atom stereocenters. The smallest absolute Gasteiger partial charge is 0.338 e. The van der Waals surface area contributed by atoms with Crippen LogP contribution in [0.25, 0.3) is 0 Å². The Balaban J connectivity index is 3.21. The van der Waals surface area contributed by atoms with Gasteiger partial charge < -0.3 is 9.47 Å². The van der Waals surface area contributed by atoms with E-state index in [9.17, 15) is 4.79 Å². The molecule has 0 aliphatic rings. The van der Waals surface area contributed by atoms with Gasteiger partial charge in [-0.3, -0.25) is 0 Å². The molecule has 0 bridgehead atoms. The highest BCUT2D eigenvalue weighted by molar-refractivity contribution is 5.91. The minimum atomic E-state index is -0.304. The van der Waals surface area contributed by atoms with Crippen molar-refractivity contribution in [3.05, 3.63) is 29.3 Å². The highest BCUT2D eigenvalue weighted by Crippen LogP contribution is 2.25. The summed E-state index contributed by atoms with van der Waals surface area (Å²) in [7, 11) is 2.99. The van der Waals surface area contributed by atoms with Gasteiger partial charge in [-0.05, 0) is 29.7 Å². The molecule has 0 N–H and O–H groups in total. The highest BCUT2D eigenvalue weighted by Gasteiger charge is 2.14. The monoisotopic (exact) mass is 208 g/mol. The third-order valence-corrected chi connectivity index (χ3v) is 2.29. The normalized spacial score (nSPS) is 10.2. The van der Waals surface area contributed by atoms with Crippen LogP contribution in [-0.2, 0) is 4.74 Å². The van der Waals surface area contributed by atoms with Gasteiger partial charge in [-0.2, -0.15) is 0 Å². The molecule has 0 amide bonds. The molecule has 15 heavy (non-hydrogen) atoms. The standard InChI is InChI=1S/C12H16O3/c1-8(2)11-7-9(14-3)5-6-10(11)12(13)15-4/h5-8H,1-4H3. The third-order valence-electron chi connectivity index (χ3n) is 2.29. The zero-order chi connectivity index (χ0) is 11.4. The number of carbonyl (C=O) groups excluding carboxylic acids is 1. The maximum Gasteiger partial charge on any atom is 0.338 e. The van der Waals surface area contributed by atoms with Crippen molar-refractivity contribution in [3.8, 4) is 5.75 Å². The van der Waals surface area contributed by atoms with Crippen molar-refractivity contribution in [1.29, 1.82) is 0 Å². The van der Waals surface area contributed by atoms with E-state index in [1.54, 1.807) is 19.2 Å². The molecule has 0 radical (unpaired) electrons. The lowest BCUT2D eigenvalue weighted by Crippen LogP contribution is -2.07. The first-order chi connectivity index (χ1) is 7.10. The maximum atomic E-state index is 11.5. The Morgan fingerprint density at radius 2 is 1.93 bits per heavy atom. The Bertz CT molecular complexity index is 356. The first-order valence-corrected chi connectivity index (χ1v) is 4.86. The number of ether oxygens (including phenoxy) is 2. The second-order valence-corrected chi connectivity index (χ2v) is 3.60. The quantitative estimate of drug-likeness (QED) is 0.716. The fraction of sp³-hybridized carbons (Fsp3) is 0.417. The van der Waals surface area contributed by atoms with E-state index in [4.69, 9.17) is 9.47 Å². The third kappa shape index (κ3) is 2.49. The molecule has 0 spiro atoms. The molecule has 3 heteroatoms. The average molecular weight is 208 g/mol. The van der Waals surface area contributed by atoms with Crippen LogP contribution in [0.15, 0.2) is 18.2 Å². The molecule has 0 fully saturated rings. The van der Waals surface area contributed by atoms with E-state index in [0.29, 0.717) is 5.56 Å². The molecule has 1 rings (SSSR count). The van der Waals surface area contributed by atoms with Gasteiger partial charge in [0.2, 0.25) is 0 Å². The minimum Gasteiger partial charge on any atom is -0.497 e. The molecule has 0 aromatic heterocycles. The van der Waals surface area contributed by atoms with Gasteiger partial charge in [0, 0.05) is 0 Å². The molecule has 0 saturated carbocycles. The van der Waals surface area contributed by atoms with E-state index in [-0.39, 0.29) is 11.9 Å². The first kappa shape index (κ1) is 11.6. The van der Waals surface area contributed by atoms with Crippen molar-refractivity contribution >= 4 is 5.97 Å². The fourth-order valence-electron chi connectivity index (χ4n) is 1.44. The lowest BCUT2D eigenvalue weighted by Gasteiger charge is -2.12. The van der Waals surface area contributed by atoms with E-state index in [1.165, 1.54) is 7.11 Å². The van der Waals surface area contributed by atoms with Crippen molar-refractivity contribution in [2.75, 3.05) is 14.2 Å². The largest absolute Gasteiger partial charge is 0.497 e. The molecule has 0 aliphatic heterocycles. The van der Waals surface area contributed by atoms with Crippen LogP contribution in [0.2, 0.25) is 0 Å². The van der Waals surface area contributed by atoms with E-state index in [2.05, 4.69) is 0 Å². The summed E-state index contributed by atoms with van der Waals surface area (Å²) in [6.45, 7) is 4.06. The number of hydrogen-bond acceptors (Lipinski definition) is 3. The summed E-state index contributed by atoms with van der Waals surface area (Å²) < 4.78 is 9.84. The van der Waals surface area contributed by atoms with Crippen molar-refractivity contribution in [3.63, 3.8) is 0 Å². The molecule has 0 unspecified atom stereocenters. The van der Waals surface area contributed by atoms with Gasteiger partial charge in [0.15, 0.2) is 0 Å². The zero-order valence-electron chi connectivity index (χ0n) is 9.53. The first-order valence-electron chi connectivity index (χ1n) is 4.86. The molecule has 1 aromatic rings. The molecule has 0 aliphatic carbocycles. The summed E-state index contributed by atoms with van der Waals surface area (Å²) in [6.07, 6.45) is 0. The lowest BCUT2D eigenvalue weighted by atomic mass is 9.97. The second kappa shape index (κ2) is 4.82. The van der Waals surface area contributed by atoms with E-state index < -0.39 is 0 Å². The van der Waals surface area contributed by atoms with Gasteiger partial charge in [0.1, 0.15) is 5.75 Å². The number of methoxy groups -OCH3 is 2. The molecule has 0 heterocycles. The van der Waals surface area contributed by atoms with Gasteiger partial charge in [-0.15, -0.1) is 0 Å². The summed E-state index contributed by atoms with van der Waals surface area (Å²) in [4.78, 5) is 11.5. The Hall–Kier alpha value is -1.51. The summed E-state index contributed by atoms with van der Waals surface area (Å²) >= 11 is 0. The second-order valence-electron chi connectivity index (χ2n) is 3.60. The van der Waals surface area contributed by atoms with Crippen LogP contribution in [0.4, 0.5) is 0 Å². The minimum absolute atomic E-state index is 0.259. The van der Waals surface area contributed by atoms with Gasteiger partial charge in [0.25, 0.3) is 0 Å². The predicted octanol–water partition coefficient (Wildman–Crippen LogP) is 2.61. The molecule has 82 valence electrons. The molecule has 1 aromatic carbocycles. The van der Waals surface area contributed by atoms with E-state index >= 15 is 0 Å². The van der Waals surface area contributed by atoms with Crippen LogP contribution in [0.5, 0.6) is 5.75 Å². The van der Waals surface area contributed by atoms with Crippen LogP contribution in [-0.4, -0.2) is 20.2 Å². The van der Waals surface area contributed by atoms with Crippen molar-refractivity contribution in [2.24, 2.45) is 0 Å². The van der Waals surface area contributed by atoms with Crippen molar-refractivity contribution < 1.29 is 14.3 Å². The summed E-state index contributed by atoms with van der Waals surface area (Å²) in [5.41, 5.74) is 1.55. The van der Waals surface area contributed by atoms with Crippen LogP contribution in [0.1, 0.15) is 35.7 Å². The highest BCUT2D eigenvalue weighted by atomic mass is 16.5. The van der Waals surface area contributed by atoms with Gasteiger partial charge >= 0.3 is 5.97 Å². The number of benzene rings is 1. The lowest BCUT2D eigenvalue weighted by molar-refractivity contribution is 0.0599. The summed E-state index contributed by atoms with van der Waals surface area (Å²) in [5, 5.41) is 0. The topological polar surface area (TPSA) is 35.5 Å². The number of esters is 1. The van der Waals surface area contributed by atoms with Crippen molar-refractivity contribution in [2.45, 2.75) is 19.8 Å². The Labute approximate surface area is 90.0 Å². The predicted molar refractivity (Wildman–Crippen MR) is 58.4 cm³/mol. The van der Waals surface area contributed by atoms with E-state index in [1.807, 2.05) is 19.9 Å². The average Bonchev–Trinajstić information content (AvgIpc) is 2.27. The van der Waals surface area contributed by atoms with Gasteiger partial charge in [-0.25, -0.2) is 4.79 Å². The molecule has 0 saturated heterocycles. The Kier molecular flexibility index (Phi) is 3.72. The van der Waals surface area contributed by atoms with Gasteiger partial charge in [0.05, 0.1) is 19.8 Å². The van der Waals surface area contributed by atoms with E-state index in [0.717, 1.165) is 11.3 Å². The van der Waals surface area contributed by atoms with Crippen LogP contribution in [0, 0.1) is 0 Å². The Morgan fingerprint density at radius 3 is 2.40 bits per heavy atom. The Morgan fingerprint density at radius 1 is 1.27 bits per heavy atom. The molecular formula is C12H16O3. The van der Waals surface area contributed by atoms with Crippen LogP contribution in [0.3, 0.4) is 0 Å². The number of hydrogen-bond donors (Lipinski definition) is 0. The van der Waals surface area contributed by atoms with Crippen molar-refractivity contribution in [1.82, 2.24) is 0 Å². The van der Waals surface area contributed by atoms with Crippen LogP contribution < -0.4 is 4.74 Å².